The summed E-state index contributed by atoms with van der Waals surface area (Å²) >= 11 is 0. The summed E-state index contributed by atoms with van der Waals surface area (Å²) in [5.41, 5.74) is 0.254. The number of alkyl carbamates (subject to hydrolysis) is 1. The molecule has 0 bridgehead atoms. The van der Waals surface area contributed by atoms with E-state index in [0.717, 1.165) is 18.5 Å². The van der Waals surface area contributed by atoms with E-state index in [0.29, 0.717) is 19.0 Å². The SMILES string of the molecule is CN=C(NCc1cccc(OC(F)F)c1)N1CCC(NC(=O)OC(C)(C)C)C1.I. The van der Waals surface area contributed by atoms with Crippen molar-refractivity contribution in [3.05, 3.63) is 29.8 Å². The van der Waals surface area contributed by atoms with Crippen molar-refractivity contribution in [3.8, 4) is 5.75 Å². The van der Waals surface area contributed by atoms with Gasteiger partial charge in [-0.1, -0.05) is 12.1 Å². The molecule has 0 saturated carbocycles. The number of halogens is 3. The second kappa shape index (κ2) is 11.4. The first-order valence-electron chi connectivity index (χ1n) is 9.15. The predicted octanol–water partition coefficient (Wildman–Crippen LogP) is 3.58. The van der Waals surface area contributed by atoms with Gasteiger partial charge in [-0.3, -0.25) is 4.99 Å². The Balaban J connectivity index is 0.00000420. The largest absolute Gasteiger partial charge is 0.444 e. The van der Waals surface area contributed by atoms with Crippen molar-refractivity contribution in [2.24, 2.45) is 4.99 Å². The highest BCUT2D eigenvalue weighted by atomic mass is 127. The number of benzene rings is 1. The predicted molar refractivity (Wildman–Crippen MR) is 118 cm³/mol. The van der Waals surface area contributed by atoms with Crippen molar-refractivity contribution < 1.29 is 23.0 Å². The molecule has 1 aromatic rings. The summed E-state index contributed by atoms with van der Waals surface area (Å²) < 4.78 is 34.4. The average molecular weight is 526 g/mol. The first-order valence-corrected chi connectivity index (χ1v) is 9.15. The number of rotatable bonds is 5. The van der Waals surface area contributed by atoms with Crippen molar-refractivity contribution in [2.45, 2.75) is 52.0 Å². The number of nitrogens with zero attached hydrogens (tertiary/aromatic N) is 2. The van der Waals surface area contributed by atoms with Gasteiger partial charge in [0, 0.05) is 26.7 Å². The van der Waals surface area contributed by atoms with Crippen molar-refractivity contribution in [1.82, 2.24) is 15.5 Å². The van der Waals surface area contributed by atoms with Crippen LogP contribution in [0.4, 0.5) is 13.6 Å². The first-order chi connectivity index (χ1) is 13.2. The van der Waals surface area contributed by atoms with Crippen LogP contribution in [0.15, 0.2) is 29.3 Å². The van der Waals surface area contributed by atoms with Crippen LogP contribution in [-0.2, 0) is 11.3 Å². The molecule has 0 aliphatic carbocycles. The van der Waals surface area contributed by atoms with E-state index in [1.54, 1.807) is 19.2 Å². The van der Waals surface area contributed by atoms with Crippen LogP contribution < -0.4 is 15.4 Å². The van der Waals surface area contributed by atoms with E-state index >= 15 is 0 Å². The molecular formula is C19H29F2IN4O3. The molecule has 1 amide bonds. The molecule has 1 aliphatic rings. The summed E-state index contributed by atoms with van der Waals surface area (Å²) in [6.07, 6.45) is 0.343. The van der Waals surface area contributed by atoms with E-state index in [1.165, 1.54) is 6.07 Å². The maximum atomic E-state index is 12.3. The van der Waals surface area contributed by atoms with Gasteiger partial charge in [0.2, 0.25) is 0 Å². The Hall–Kier alpha value is -1.85. The molecular weight excluding hydrogens is 497 g/mol. The standard InChI is InChI=1S/C19H28F2N4O3.HI/c1-19(2,3)28-18(26)24-14-8-9-25(12-14)17(22-4)23-11-13-6-5-7-15(10-13)27-16(20)21;/h5-7,10,14,16H,8-9,11-12H2,1-4H3,(H,22,23)(H,24,26);1H. The molecule has 1 fully saturated rings. The number of aliphatic imine (C=N–C) groups is 1. The maximum absolute atomic E-state index is 12.3. The summed E-state index contributed by atoms with van der Waals surface area (Å²) in [7, 11) is 1.67. The summed E-state index contributed by atoms with van der Waals surface area (Å²) in [4.78, 5) is 18.2. The minimum Gasteiger partial charge on any atom is -0.444 e. The van der Waals surface area contributed by atoms with Gasteiger partial charge >= 0.3 is 12.7 Å². The maximum Gasteiger partial charge on any atom is 0.407 e. The van der Waals surface area contributed by atoms with Crippen LogP contribution in [0.3, 0.4) is 0 Å². The number of guanidine groups is 1. The van der Waals surface area contributed by atoms with E-state index in [2.05, 4.69) is 20.4 Å². The monoisotopic (exact) mass is 526 g/mol. The molecule has 2 rings (SSSR count). The molecule has 0 aromatic heterocycles. The highest BCUT2D eigenvalue weighted by Gasteiger charge is 2.27. The smallest absolute Gasteiger partial charge is 0.407 e. The lowest BCUT2D eigenvalue weighted by Gasteiger charge is -2.23. The number of ether oxygens (including phenoxy) is 2. The van der Waals surface area contributed by atoms with E-state index in [1.807, 2.05) is 31.7 Å². The Morgan fingerprint density at radius 1 is 1.38 bits per heavy atom. The molecule has 1 heterocycles. The van der Waals surface area contributed by atoms with Crippen LogP contribution in [0.2, 0.25) is 0 Å². The Kier molecular flexibility index (Phi) is 9.87. The minimum atomic E-state index is -2.85. The van der Waals surface area contributed by atoms with Gasteiger partial charge in [-0.2, -0.15) is 8.78 Å². The zero-order chi connectivity index (χ0) is 20.7. The third kappa shape index (κ3) is 9.01. The van der Waals surface area contributed by atoms with Crippen molar-refractivity contribution in [2.75, 3.05) is 20.1 Å². The van der Waals surface area contributed by atoms with Crippen LogP contribution in [0.5, 0.6) is 5.75 Å². The summed E-state index contributed by atoms with van der Waals surface area (Å²) in [6.45, 7) is 4.35. The van der Waals surface area contributed by atoms with Gasteiger partial charge in [-0.05, 0) is 44.9 Å². The van der Waals surface area contributed by atoms with Gasteiger partial charge in [-0.25, -0.2) is 4.79 Å². The highest BCUT2D eigenvalue weighted by Crippen LogP contribution is 2.16. The normalized spacial score (nSPS) is 17.0. The molecule has 2 N–H and O–H groups in total. The fourth-order valence-electron chi connectivity index (χ4n) is 2.89. The summed E-state index contributed by atoms with van der Waals surface area (Å²) in [5, 5.41) is 6.08. The van der Waals surface area contributed by atoms with Crippen LogP contribution in [0, 0.1) is 0 Å². The van der Waals surface area contributed by atoms with Crippen LogP contribution >= 0.6 is 24.0 Å². The Morgan fingerprint density at radius 3 is 2.72 bits per heavy atom. The van der Waals surface area contributed by atoms with E-state index in [-0.39, 0.29) is 35.8 Å². The van der Waals surface area contributed by atoms with Gasteiger partial charge in [0.1, 0.15) is 11.4 Å². The second-order valence-corrected chi connectivity index (χ2v) is 7.50. The van der Waals surface area contributed by atoms with Gasteiger partial charge < -0.3 is 25.0 Å². The van der Waals surface area contributed by atoms with Gasteiger partial charge in [0.05, 0.1) is 6.04 Å². The van der Waals surface area contributed by atoms with E-state index in [9.17, 15) is 13.6 Å². The first kappa shape index (κ1) is 25.2. The number of amides is 1. The van der Waals surface area contributed by atoms with Crippen LogP contribution in [0.25, 0.3) is 0 Å². The molecule has 10 heteroatoms. The molecule has 164 valence electrons. The topological polar surface area (TPSA) is 75.2 Å². The molecule has 29 heavy (non-hydrogen) atoms. The average Bonchev–Trinajstić information content (AvgIpc) is 3.01. The minimum absolute atomic E-state index is 0. The van der Waals surface area contributed by atoms with Gasteiger partial charge in [0.25, 0.3) is 0 Å². The zero-order valence-corrected chi connectivity index (χ0v) is 19.4. The second-order valence-electron chi connectivity index (χ2n) is 7.50. The van der Waals surface area contributed by atoms with Gasteiger partial charge in [-0.15, -0.1) is 24.0 Å². The third-order valence-electron chi connectivity index (χ3n) is 3.99. The van der Waals surface area contributed by atoms with E-state index in [4.69, 9.17) is 4.74 Å². The number of hydrogen-bond acceptors (Lipinski definition) is 4. The van der Waals surface area contributed by atoms with Crippen molar-refractivity contribution in [1.29, 1.82) is 0 Å². The van der Waals surface area contributed by atoms with Crippen molar-refractivity contribution in [3.63, 3.8) is 0 Å². The lowest BCUT2D eigenvalue weighted by Crippen LogP contribution is -2.44. The Morgan fingerprint density at radius 2 is 2.10 bits per heavy atom. The number of hydrogen-bond donors (Lipinski definition) is 2. The number of alkyl halides is 2. The van der Waals surface area contributed by atoms with E-state index < -0.39 is 18.3 Å². The number of carbonyl (C=O) groups is 1. The third-order valence-corrected chi connectivity index (χ3v) is 3.99. The summed E-state index contributed by atoms with van der Waals surface area (Å²) in [5.74, 6) is 0.792. The van der Waals surface area contributed by atoms with Crippen LogP contribution in [-0.4, -0.2) is 55.3 Å². The fraction of sp³-hybridized carbons (Fsp3) is 0.579. The highest BCUT2D eigenvalue weighted by molar-refractivity contribution is 14.0. The molecule has 0 spiro atoms. The number of likely N-dealkylation sites (tertiary alicyclic amines) is 1. The molecule has 1 atom stereocenters. The molecule has 7 nitrogen and oxygen atoms in total. The lowest BCUT2D eigenvalue weighted by atomic mass is 10.2. The quantitative estimate of drug-likeness (QED) is 0.349. The molecule has 1 aromatic carbocycles. The molecule has 1 unspecified atom stereocenters. The lowest BCUT2D eigenvalue weighted by molar-refractivity contribution is -0.0498. The molecule has 0 radical (unpaired) electrons. The Bertz CT molecular complexity index is 698. The van der Waals surface area contributed by atoms with Crippen LogP contribution in [0.1, 0.15) is 32.8 Å². The molecule has 1 saturated heterocycles. The van der Waals surface area contributed by atoms with Crippen molar-refractivity contribution >= 4 is 36.0 Å². The number of carbonyl (C=O) groups excluding carboxylic acids is 1. The number of nitrogens with one attached hydrogen (secondary N) is 2. The Labute approximate surface area is 187 Å². The fourth-order valence-corrected chi connectivity index (χ4v) is 2.89. The van der Waals surface area contributed by atoms with Gasteiger partial charge in [0.15, 0.2) is 5.96 Å². The summed E-state index contributed by atoms with van der Waals surface area (Å²) in [6, 6.07) is 6.49. The zero-order valence-electron chi connectivity index (χ0n) is 17.1. The molecule has 1 aliphatic heterocycles.